The van der Waals surface area contributed by atoms with E-state index in [1.165, 1.54) is 12.8 Å². The van der Waals surface area contributed by atoms with Crippen molar-refractivity contribution in [2.24, 2.45) is 0 Å². The van der Waals surface area contributed by atoms with Crippen LogP contribution in [0.5, 0.6) is 0 Å². The van der Waals surface area contributed by atoms with Gasteiger partial charge >= 0.3 is 5.97 Å². The molecule has 4 rings (SSSR count). The number of nitrogens with zero attached hydrogens (tertiary/aromatic N) is 1. The fourth-order valence-corrected chi connectivity index (χ4v) is 3.64. The fourth-order valence-electron chi connectivity index (χ4n) is 3.64. The van der Waals surface area contributed by atoms with Gasteiger partial charge < -0.3 is 9.30 Å². The second kappa shape index (κ2) is 6.45. The Morgan fingerprint density at radius 2 is 1.77 bits per heavy atom. The summed E-state index contributed by atoms with van der Waals surface area (Å²) in [4.78, 5) is 25.1. The Hall–Kier alpha value is -2.88. The summed E-state index contributed by atoms with van der Waals surface area (Å²) in [5.74, 6) is -0.621. The molecule has 0 saturated heterocycles. The molecule has 1 fully saturated rings. The van der Waals surface area contributed by atoms with E-state index in [9.17, 15) is 9.59 Å². The zero-order valence-electron chi connectivity index (χ0n) is 15.0. The summed E-state index contributed by atoms with van der Waals surface area (Å²) >= 11 is 0. The van der Waals surface area contributed by atoms with Crippen LogP contribution in [-0.4, -0.2) is 22.9 Å². The summed E-state index contributed by atoms with van der Waals surface area (Å²) in [5, 5.41) is 1.81. The molecule has 2 aromatic carbocycles. The van der Waals surface area contributed by atoms with Crippen LogP contribution >= 0.6 is 0 Å². The molecule has 0 spiro atoms. The van der Waals surface area contributed by atoms with Crippen molar-refractivity contribution in [3.63, 3.8) is 0 Å². The van der Waals surface area contributed by atoms with E-state index in [0.717, 1.165) is 22.2 Å². The first-order valence-corrected chi connectivity index (χ1v) is 8.93. The van der Waals surface area contributed by atoms with Crippen molar-refractivity contribution >= 4 is 22.5 Å². The lowest BCUT2D eigenvalue weighted by Crippen LogP contribution is -2.15. The number of hydrogen-bond donors (Lipinski definition) is 0. The maximum absolute atomic E-state index is 12.6. The summed E-state index contributed by atoms with van der Waals surface area (Å²) in [5.41, 5.74) is 3.20. The normalized spacial score (nSPS) is 13.8. The van der Waals surface area contributed by atoms with Gasteiger partial charge in [-0.3, -0.25) is 4.79 Å². The molecule has 0 aliphatic heterocycles. The molecular formula is C22H21NO3. The van der Waals surface area contributed by atoms with Gasteiger partial charge in [0, 0.05) is 23.0 Å². The minimum atomic E-state index is -0.467. The Morgan fingerprint density at radius 1 is 1.04 bits per heavy atom. The molecule has 1 saturated carbocycles. The standard InChI is InChI=1S/C22H21NO3/c1-14-12-20(15(2)23(14)17-10-11-17)21(24)13-26-22(25)19-9-5-7-16-6-3-4-8-18(16)19/h3-9,12,17H,10-11,13H2,1-2H3. The van der Waals surface area contributed by atoms with Crippen LogP contribution in [0.2, 0.25) is 0 Å². The van der Waals surface area contributed by atoms with Gasteiger partial charge in [-0.25, -0.2) is 4.79 Å². The molecule has 0 bridgehead atoms. The number of esters is 1. The predicted octanol–water partition coefficient (Wildman–Crippen LogP) is 4.63. The lowest BCUT2D eigenvalue weighted by molar-refractivity contribution is 0.0476. The highest BCUT2D eigenvalue weighted by molar-refractivity contribution is 6.06. The van der Waals surface area contributed by atoms with Crippen molar-refractivity contribution in [1.82, 2.24) is 4.57 Å². The van der Waals surface area contributed by atoms with E-state index in [2.05, 4.69) is 4.57 Å². The van der Waals surface area contributed by atoms with E-state index < -0.39 is 5.97 Å². The van der Waals surface area contributed by atoms with Gasteiger partial charge in [0.15, 0.2) is 6.61 Å². The predicted molar refractivity (Wildman–Crippen MR) is 101 cm³/mol. The average Bonchev–Trinajstić information content (AvgIpc) is 3.43. The summed E-state index contributed by atoms with van der Waals surface area (Å²) in [6.07, 6.45) is 2.33. The Bertz CT molecular complexity index is 1010. The molecule has 1 aliphatic carbocycles. The third kappa shape index (κ3) is 2.92. The van der Waals surface area contributed by atoms with Gasteiger partial charge in [-0.1, -0.05) is 36.4 Å². The van der Waals surface area contributed by atoms with Gasteiger partial charge in [-0.2, -0.15) is 0 Å². The molecule has 0 unspecified atom stereocenters. The number of rotatable bonds is 5. The summed E-state index contributed by atoms with van der Waals surface area (Å²) < 4.78 is 7.56. The summed E-state index contributed by atoms with van der Waals surface area (Å²) in [6.45, 7) is 3.74. The topological polar surface area (TPSA) is 48.3 Å². The summed E-state index contributed by atoms with van der Waals surface area (Å²) in [7, 11) is 0. The number of carbonyl (C=O) groups is 2. The van der Waals surface area contributed by atoms with Gasteiger partial charge in [-0.05, 0) is 49.6 Å². The van der Waals surface area contributed by atoms with Crippen molar-refractivity contribution in [3.8, 4) is 0 Å². The average molecular weight is 347 g/mol. The number of hydrogen-bond acceptors (Lipinski definition) is 3. The third-order valence-electron chi connectivity index (χ3n) is 5.04. The van der Waals surface area contributed by atoms with E-state index in [4.69, 9.17) is 4.74 Å². The van der Waals surface area contributed by atoms with Crippen LogP contribution in [0.25, 0.3) is 10.8 Å². The number of Topliss-reactive ketones (excluding diaryl/α,β-unsaturated/α-hetero) is 1. The Kier molecular flexibility index (Phi) is 4.11. The molecule has 4 nitrogen and oxygen atoms in total. The molecule has 1 heterocycles. The number of aromatic nitrogens is 1. The molecule has 0 N–H and O–H groups in total. The molecule has 3 aromatic rings. The lowest BCUT2D eigenvalue weighted by atomic mass is 10.0. The van der Waals surface area contributed by atoms with Crippen molar-refractivity contribution in [2.75, 3.05) is 6.61 Å². The molecule has 0 radical (unpaired) electrons. The van der Waals surface area contributed by atoms with Crippen LogP contribution in [-0.2, 0) is 4.74 Å². The molecule has 0 atom stereocenters. The van der Waals surface area contributed by atoms with Crippen molar-refractivity contribution in [1.29, 1.82) is 0 Å². The SMILES string of the molecule is Cc1cc(C(=O)COC(=O)c2cccc3ccccc23)c(C)n1C1CC1. The van der Waals surface area contributed by atoms with Gasteiger partial charge in [0.1, 0.15) is 0 Å². The van der Waals surface area contributed by atoms with Gasteiger partial charge in [-0.15, -0.1) is 0 Å². The highest BCUT2D eigenvalue weighted by atomic mass is 16.5. The largest absolute Gasteiger partial charge is 0.454 e. The number of benzene rings is 2. The highest BCUT2D eigenvalue weighted by Crippen LogP contribution is 2.38. The van der Waals surface area contributed by atoms with Crippen LogP contribution in [0.4, 0.5) is 0 Å². The van der Waals surface area contributed by atoms with Gasteiger partial charge in [0.2, 0.25) is 5.78 Å². The number of ketones is 1. The first kappa shape index (κ1) is 16.6. The van der Waals surface area contributed by atoms with Gasteiger partial charge in [0.25, 0.3) is 0 Å². The van der Waals surface area contributed by atoms with Crippen LogP contribution in [0.15, 0.2) is 48.5 Å². The lowest BCUT2D eigenvalue weighted by Gasteiger charge is -2.09. The van der Waals surface area contributed by atoms with Crippen LogP contribution in [0.1, 0.15) is 51.0 Å². The van der Waals surface area contributed by atoms with E-state index in [1.54, 1.807) is 6.07 Å². The highest BCUT2D eigenvalue weighted by Gasteiger charge is 2.28. The first-order chi connectivity index (χ1) is 12.6. The Balaban J connectivity index is 1.51. The number of carbonyl (C=O) groups excluding carboxylic acids is 2. The molecule has 4 heteroatoms. The second-order valence-corrected chi connectivity index (χ2v) is 6.91. The van der Waals surface area contributed by atoms with Crippen molar-refractivity contribution in [2.45, 2.75) is 32.7 Å². The van der Waals surface area contributed by atoms with Crippen molar-refractivity contribution in [3.05, 3.63) is 71.0 Å². The van der Waals surface area contributed by atoms with Gasteiger partial charge in [0.05, 0.1) is 5.56 Å². The smallest absolute Gasteiger partial charge is 0.339 e. The molecular weight excluding hydrogens is 326 g/mol. The Morgan fingerprint density at radius 3 is 2.54 bits per heavy atom. The van der Waals surface area contributed by atoms with E-state index in [1.807, 2.05) is 56.3 Å². The maximum atomic E-state index is 12.6. The van der Waals surface area contributed by atoms with Crippen molar-refractivity contribution < 1.29 is 14.3 Å². The zero-order chi connectivity index (χ0) is 18.3. The van der Waals surface area contributed by atoms with E-state index in [-0.39, 0.29) is 12.4 Å². The zero-order valence-corrected chi connectivity index (χ0v) is 15.0. The first-order valence-electron chi connectivity index (χ1n) is 8.93. The molecule has 26 heavy (non-hydrogen) atoms. The second-order valence-electron chi connectivity index (χ2n) is 6.91. The number of ether oxygens (including phenoxy) is 1. The number of aryl methyl sites for hydroxylation is 1. The van der Waals surface area contributed by atoms with E-state index >= 15 is 0 Å². The van der Waals surface area contributed by atoms with E-state index in [0.29, 0.717) is 17.2 Å². The monoisotopic (exact) mass is 347 g/mol. The van der Waals surface area contributed by atoms with Crippen LogP contribution in [0.3, 0.4) is 0 Å². The van der Waals surface area contributed by atoms with Crippen LogP contribution in [0, 0.1) is 13.8 Å². The minimum absolute atomic E-state index is 0.154. The fraction of sp³-hybridized carbons (Fsp3) is 0.273. The third-order valence-corrected chi connectivity index (χ3v) is 5.04. The molecule has 1 aromatic heterocycles. The van der Waals surface area contributed by atoms with Crippen LogP contribution < -0.4 is 0 Å². The number of fused-ring (bicyclic) bond motifs is 1. The maximum Gasteiger partial charge on any atom is 0.339 e. The summed E-state index contributed by atoms with van der Waals surface area (Å²) in [6, 6.07) is 15.6. The quantitative estimate of drug-likeness (QED) is 0.499. The molecule has 1 aliphatic rings. The minimum Gasteiger partial charge on any atom is -0.454 e. The molecule has 132 valence electrons. The molecule has 0 amide bonds. The Labute approximate surface area is 152 Å².